The second-order valence-corrected chi connectivity index (χ2v) is 5.32. The molecule has 24 heavy (non-hydrogen) atoms. The average Bonchev–Trinajstić information content (AvgIpc) is 2.83. The predicted molar refractivity (Wildman–Crippen MR) is 88.2 cm³/mol. The second kappa shape index (κ2) is 6.41. The van der Waals surface area contributed by atoms with Gasteiger partial charge in [0.1, 0.15) is 6.04 Å². The summed E-state index contributed by atoms with van der Waals surface area (Å²) in [6, 6.07) is 14.8. The molecule has 0 aromatic heterocycles. The third-order valence-corrected chi connectivity index (χ3v) is 3.64. The number of nitrogens with one attached hydrogen (secondary N) is 2. The van der Waals surface area contributed by atoms with Gasteiger partial charge < -0.3 is 10.4 Å². The molecule has 0 spiro atoms. The summed E-state index contributed by atoms with van der Waals surface area (Å²) < 4.78 is 0. The Morgan fingerprint density at radius 2 is 1.67 bits per heavy atom. The van der Waals surface area contributed by atoms with E-state index in [4.69, 9.17) is 5.11 Å². The van der Waals surface area contributed by atoms with Crippen LogP contribution in [0, 0.1) is 0 Å². The molecule has 1 aliphatic rings. The van der Waals surface area contributed by atoms with Crippen LogP contribution in [0.4, 0.5) is 21.9 Å². The number of nitrogens with zero attached hydrogens (tertiary/aromatic N) is 1. The fourth-order valence-corrected chi connectivity index (χ4v) is 2.55. The summed E-state index contributed by atoms with van der Waals surface area (Å²) in [5, 5.41) is 14.3. The maximum absolute atomic E-state index is 11.9. The maximum Gasteiger partial charge on any atom is 0.329 e. The molecule has 1 atom stereocenters. The normalized spacial score (nSPS) is 16.8. The van der Waals surface area contributed by atoms with E-state index in [1.54, 1.807) is 24.3 Å². The first-order valence-electron chi connectivity index (χ1n) is 7.32. The highest BCUT2D eigenvalue weighted by Gasteiger charge is 2.40. The lowest BCUT2D eigenvalue weighted by Crippen LogP contribution is -2.36. The van der Waals surface area contributed by atoms with Crippen LogP contribution in [0.3, 0.4) is 0 Å². The predicted octanol–water partition coefficient (Wildman–Crippen LogP) is 2.33. The molecule has 0 unspecified atom stereocenters. The zero-order valence-electron chi connectivity index (χ0n) is 12.6. The van der Waals surface area contributed by atoms with Gasteiger partial charge in [0.15, 0.2) is 0 Å². The quantitative estimate of drug-likeness (QED) is 0.733. The number of anilines is 3. The minimum Gasteiger partial charge on any atom is -0.481 e. The third kappa shape index (κ3) is 3.19. The van der Waals surface area contributed by atoms with Crippen molar-refractivity contribution in [3.05, 3.63) is 54.6 Å². The van der Waals surface area contributed by atoms with Gasteiger partial charge in [-0.2, -0.15) is 0 Å². The standard InChI is InChI=1S/C17H15N3O4/c21-15(22)10-14-16(23)19-17(24)20(14)13-8-6-12(7-9-13)18-11-4-2-1-3-5-11/h1-9,14,18H,10H2,(H,21,22)(H,19,23,24)/t14-/m0/s1. The number of urea groups is 1. The fraction of sp³-hybridized carbons (Fsp3) is 0.118. The van der Waals surface area contributed by atoms with Crippen molar-refractivity contribution in [3.8, 4) is 0 Å². The minimum atomic E-state index is -1.14. The Bertz CT molecular complexity index is 774. The van der Waals surface area contributed by atoms with Crippen LogP contribution < -0.4 is 15.5 Å². The van der Waals surface area contributed by atoms with Crippen molar-refractivity contribution >= 4 is 35.0 Å². The van der Waals surface area contributed by atoms with E-state index in [1.165, 1.54) is 4.90 Å². The molecule has 1 fully saturated rings. The number of rotatable bonds is 5. The zero-order chi connectivity index (χ0) is 17.1. The lowest BCUT2D eigenvalue weighted by molar-refractivity contribution is -0.139. The molecule has 0 aliphatic carbocycles. The number of aliphatic carboxylic acids is 1. The molecule has 0 bridgehead atoms. The van der Waals surface area contributed by atoms with Crippen molar-refractivity contribution in [2.75, 3.05) is 10.2 Å². The third-order valence-electron chi connectivity index (χ3n) is 3.64. The Morgan fingerprint density at radius 1 is 1.04 bits per heavy atom. The van der Waals surface area contributed by atoms with Gasteiger partial charge in [-0.3, -0.25) is 19.8 Å². The van der Waals surface area contributed by atoms with Gasteiger partial charge in [-0.05, 0) is 36.4 Å². The lowest BCUT2D eigenvalue weighted by Gasteiger charge is -2.20. The number of carboxylic acid groups (broad SMARTS) is 1. The number of imide groups is 1. The highest BCUT2D eigenvalue weighted by molar-refractivity contribution is 6.15. The summed E-state index contributed by atoms with van der Waals surface area (Å²) >= 11 is 0. The van der Waals surface area contributed by atoms with Gasteiger partial charge in [0, 0.05) is 17.1 Å². The van der Waals surface area contributed by atoms with Gasteiger partial charge in [0.25, 0.3) is 5.91 Å². The van der Waals surface area contributed by atoms with E-state index in [0.29, 0.717) is 5.69 Å². The van der Waals surface area contributed by atoms with Crippen molar-refractivity contribution < 1.29 is 19.5 Å². The Labute approximate surface area is 137 Å². The van der Waals surface area contributed by atoms with E-state index >= 15 is 0 Å². The molecule has 1 heterocycles. The molecule has 7 heteroatoms. The first-order valence-corrected chi connectivity index (χ1v) is 7.32. The molecule has 0 saturated carbocycles. The molecule has 3 N–H and O–H groups in total. The van der Waals surface area contributed by atoms with Crippen LogP contribution in [-0.4, -0.2) is 29.1 Å². The van der Waals surface area contributed by atoms with Crippen molar-refractivity contribution in [3.63, 3.8) is 0 Å². The molecule has 3 rings (SSSR count). The molecule has 2 aromatic carbocycles. The number of para-hydroxylation sites is 1. The first-order chi connectivity index (χ1) is 11.5. The van der Waals surface area contributed by atoms with Crippen molar-refractivity contribution in [2.45, 2.75) is 12.5 Å². The molecule has 0 radical (unpaired) electrons. The summed E-state index contributed by atoms with van der Waals surface area (Å²) in [4.78, 5) is 35.8. The number of carbonyl (C=O) groups is 3. The summed E-state index contributed by atoms with van der Waals surface area (Å²) in [5.74, 6) is -1.74. The summed E-state index contributed by atoms with van der Waals surface area (Å²) in [7, 11) is 0. The zero-order valence-corrected chi connectivity index (χ0v) is 12.6. The molecule has 122 valence electrons. The van der Waals surface area contributed by atoms with E-state index in [0.717, 1.165) is 11.4 Å². The smallest absolute Gasteiger partial charge is 0.329 e. The molecular weight excluding hydrogens is 310 g/mol. The number of carbonyl (C=O) groups excluding carboxylic acids is 2. The minimum absolute atomic E-state index is 0.443. The van der Waals surface area contributed by atoms with Gasteiger partial charge in [-0.15, -0.1) is 0 Å². The van der Waals surface area contributed by atoms with Crippen LogP contribution in [0.2, 0.25) is 0 Å². The number of carboxylic acids is 1. The van der Waals surface area contributed by atoms with E-state index in [9.17, 15) is 14.4 Å². The fourth-order valence-electron chi connectivity index (χ4n) is 2.55. The van der Waals surface area contributed by atoms with Gasteiger partial charge in [-0.1, -0.05) is 18.2 Å². The monoisotopic (exact) mass is 325 g/mol. The first kappa shape index (κ1) is 15.5. The summed E-state index contributed by atoms with van der Waals surface area (Å²) in [5.41, 5.74) is 2.19. The Balaban J connectivity index is 1.80. The molecular formula is C17H15N3O4. The second-order valence-electron chi connectivity index (χ2n) is 5.32. The summed E-state index contributed by atoms with van der Waals surface area (Å²) in [6.07, 6.45) is -0.443. The van der Waals surface area contributed by atoms with E-state index in [1.807, 2.05) is 30.3 Å². The molecule has 7 nitrogen and oxygen atoms in total. The molecule has 1 saturated heterocycles. The highest BCUT2D eigenvalue weighted by Crippen LogP contribution is 2.26. The van der Waals surface area contributed by atoms with Crippen LogP contribution in [-0.2, 0) is 9.59 Å². The van der Waals surface area contributed by atoms with E-state index in [-0.39, 0.29) is 0 Å². The average molecular weight is 325 g/mol. The van der Waals surface area contributed by atoms with Crippen LogP contribution in [0.25, 0.3) is 0 Å². The lowest BCUT2D eigenvalue weighted by atomic mass is 10.1. The Hall–Kier alpha value is -3.35. The molecule has 2 aromatic rings. The van der Waals surface area contributed by atoms with Crippen molar-refractivity contribution in [1.82, 2.24) is 5.32 Å². The van der Waals surface area contributed by atoms with Gasteiger partial charge in [-0.25, -0.2) is 4.79 Å². The number of hydrogen-bond acceptors (Lipinski definition) is 4. The van der Waals surface area contributed by atoms with Crippen LogP contribution in [0.5, 0.6) is 0 Å². The van der Waals surface area contributed by atoms with Crippen LogP contribution >= 0.6 is 0 Å². The number of benzene rings is 2. The highest BCUT2D eigenvalue weighted by atomic mass is 16.4. The van der Waals surface area contributed by atoms with Gasteiger partial charge >= 0.3 is 12.0 Å². The molecule has 3 amide bonds. The van der Waals surface area contributed by atoms with Crippen molar-refractivity contribution in [2.24, 2.45) is 0 Å². The van der Waals surface area contributed by atoms with E-state index < -0.39 is 30.4 Å². The topological polar surface area (TPSA) is 98.7 Å². The largest absolute Gasteiger partial charge is 0.481 e. The number of amides is 3. The SMILES string of the molecule is O=C(O)C[C@H]1C(=O)NC(=O)N1c1ccc(Nc2ccccc2)cc1. The maximum atomic E-state index is 11.9. The van der Waals surface area contributed by atoms with Crippen LogP contribution in [0.1, 0.15) is 6.42 Å². The Kier molecular flexibility index (Phi) is 4.15. The van der Waals surface area contributed by atoms with Crippen LogP contribution in [0.15, 0.2) is 54.6 Å². The van der Waals surface area contributed by atoms with Gasteiger partial charge in [0.2, 0.25) is 0 Å². The number of hydrogen-bond donors (Lipinski definition) is 3. The van der Waals surface area contributed by atoms with Crippen molar-refractivity contribution in [1.29, 1.82) is 0 Å². The summed E-state index contributed by atoms with van der Waals surface area (Å²) in [6.45, 7) is 0. The van der Waals surface area contributed by atoms with Gasteiger partial charge in [0.05, 0.1) is 6.42 Å². The Morgan fingerprint density at radius 3 is 2.29 bits per heavy atom. The van der Waals surface area contributed by atoms with E-state index in [2.05, 4.69) is 10.6 Å². The molecule has 1 aliphatic heterocycles.